The molecule has 3 aliphatic rings. The molecule has 2 atom stereocenters. The normalized spacial score (nSPS) is 29.0. The molecule has 0 saturated heterocycles. The van der Waals surface area contributed by atoms with E-state index in [1.54, 1.807) is 0 Å². The number of carbonyl (C=O) groups is 2. The molecule has 0 aliphatic heterocycles. The number of urea groups is 1. The second-order valence-corrected chi connectivity index (χ2v) is 7.08. The van der Waals surface area contributed by atoms with E-state index in [9.17, 15) is 14.7 Å². The molecular formula is C16H26N2O3. The molecule has 0 spiro atoms. The van der Waals surface area contributed by atoms with Gasteiger partial charge in [0.1, 0.15) is 0 Å². The van der Waals surface area contributed by atoms with E-state index >= 15 is 0 Å². The highest BCUT2D eigenvalue weighted by atomic mass is 16.4. The lowest BCUT2D eigenvalue weighted by Gasteiger charge is -2.32. The first-order valence-electron chi connectivity index (χ1n) is 8.41. The Morgan fingerprint density at radius 3 is 2.05 bits per heavy atom. The van der Waals surface area contributed by atoms with Gasteiger partial charge < -0.3 is 15.3 Å². The summed E-state index contributed by atoms with van der Waals surface area (Å²) in [4.78, 5) is 25.8. The van der Waals surface area contributed by atoms with E-state index in [-0.39, 0.29) is 12.1 Å². The SMILES string of the molecule is O=C(O)C1CCCCC1NC(=O)N(CC1CC1)CC1CC1. The third-order valence-electron chi connectivity index (χ3n) is 5.03. The van der Waals surface area contributed by atoms with Gasteiger partial charge in [-0.1, -0.05) is 12.8 Å². The van der Waals surface area contributed by atoms with Crippen LogP contribution in [0.1, 0.15) is 51.4 Å². The summed E-state index contributed by atoms with van der Waals surface area (Å²) in [6.45, 7) is 1.71. The lowest BCUT2D eigenvalue weighted by atomic mass is 9.84. The second-order valence-electron chi connectivity index (χ2n) is 7.08. The molecule has 5 heteroatoms. The molecule has 2 amide bonds. The number of carbonyl (C=O) groups excluding carboxylic acids is 1. The molecule has 3 rings (SSSR count). The zero-order valence-electron chi connectivity index (χ0n) is 12.6. The molecule has 21 heavy (non-hydrogen) atoms. The Kier molecular flexibility index (Phi) is 4.36. The van der Waals surface area contributed by atoms with Gasteiger partial charge in [-0.25, -0.2) is 4.79 Å². The summed E-state index contributed by atoms with van der Waals surface area (Å²) in [5.74, 6) is 0.176. The van der Waals surface area contributed by atoms with Gasteiger partial charge in [-0.3, -0.25) is 4.79 Å². The lowest BCUT2D eigenvalue weighted by molar-refractivity contribution is -0.143. The number of carboxylic acid groups (broad SMARTS) is 1. The summed E-state index contributed by atoms with van der Waals surface area (Å²) < 4.78 is 0. The lowest BCUT2D eigenvalue weighted by Crippen LogP contribution is -2.51. The van der Waals surface area contributed by atoms with Crippen molar-refractivity contribution in [3.63, 3.8) is 0 Å². The van der Waals surface area contributed by atoms with Gasteiger partial charge in [0.25, 0.3) is 0 Å². The number of aliphatic carboxylic acids is 1. The molecule has 0 aromatic heterocycles. The topological polar surface area (TPSA) is 69.6 Å². The summed E-state index contributed by atoms with van der Waals surface area (Å²) in [7, 11) is 0. The summed E-state index contributed by atoms with van der Waals surface area (Å²) in [6, 6.07) is -0.225. The van der Waals surface area contributed by atoms with Crippen LogP contribution in [-0.2, 0) is 4.79 Å². The van der Waals surface area contributed by atoms with E-state index < -0.39 is 11.9 Å². The predicted octanol–water partition coefficient (Wildman–Crippen LogP) is 2.46. The molecule has 3 saturated carbocycles. The number of amides is 2. The largest absolute Gasteiger partial charge is 0.481 e. The van der Waals surface area contributed by atoms with Gasteiger partial charge in [-0.15, -0.1) is 0 Å². The maximum absolute atomic E-state index is 12.5. The van der Waals surface area contributed by atoms with Crippen LogP contribution in [-0.4, -0.2) is 41.1 Å². The number of hydrogen-bond acceptors (Lipinski definition) is 2. The van der Waals surface area contributed by atoms with Crippen molar-refractivity contribution in [1.29, 1.82) is 0 Å². The van der Waals surface area contributed by atoms with Gasteiger partial charge in [-0.2, -0.15) is 0 Å². The molecule has 0 heterocycles. The maximum Gasteiger partial charge on any atom is 0.317 e. The quantitative estimate of drug-likeness (QED) is 0.790. The van der Waals surface area contributed by atoms with E-state index in [1.807, 2.05) is 4.90 Å². The molecule has 0 bridgehead atoms. The number of nitrogens with one attached hydrogen (secondary N) is 1. The van der Waals surface area contributed by atoms with Crippen molar-refractivity contribution in [1.82, 2.24) is 10.2 Å². The van der Waals surface area contributed by atoms with E-state index in [0.29, 0.717) is 18.3 Å². The fourth-order valence-electron chi connectivity index (χ4n) is 3.31. The number of hydrogen-bond donors (Lipinski definition) is 2. The first-order chi connectivity index (χ1) is 10.1. The summed E-state index contributed by atoms with van der Waals surface area (Å²) in [5, 5.41) is 12.3. The summed E-state index contributed by atoms with van der Waals surface area (Å²) in [6.07, 6.45) is 8.38. The molecule has 0 aromatic carbocycles. The fourth-order valence-corrected chi connectivity index (χ4v) is 3.31. The van der Waals surface area contributed by atoms with Crippen molar-refractivity contribution in [3.05, 3.63) is 0 Å². The summed E-state index contributed by atoms with van der Waals surface area (Å²) >= 11 is 0. The van der Waals surface area contributed by atoms with Crippen LogP contribution in [0.3, 0.4) is 0 Å². The second kappa shape index (κ2) is 6.24. The van der Waals surface area contributed by atoms with Gasteiger partial charge in [0.05, 0.1) is 5.92 Å². The Morgan fingerprint density at radius 1 is 0.952 bits per heavy atom. The van der Waals surface area contributed by atoms with E-state index in [1.165, 1.54) is 25.7 Å². The molecule has 5 nitrogen and oxygen atoms in total. The van der Waals surface area contributed by atoms with Crippen molar-refractivity contribution < 1.29 is 14.7 Å². The summed E-state index contributed by atoms with van der Waals surface area (Å²) in [5.41, 5.74) is 0. The van der Waals surface area contributed by atoms with Gasteiger partial charge in [0.15, 0.2) is 0 Å². The van der Waals surface area contributed by atoms with Crippen LogP contribution in [0.15, 0.2) is 0 Å². The molecule has 0 aromatic rings. The maximum atomic E-state index is 12.5. The van der Waals surface area contributed by atoms with Crippen LogP contribution >= 0.6 is 0 Å². The van der Waals surface area contributed by atoms with Gasteiger partial charge in [0, 0.05) is 19.1 Å². The third kappa shape index (κ3) is 4.11. The van der Waals surface area contributed by atoms with E-state index in [2.05, 4.69) is 5.32 Å². The van der Waals surface area contributed by atoms with E-state index in [4.69, 9.17) is 0 Å². The Hall–Kier alpha value is -1.26. The molecular weight excluding hydrogens is 268 g/mol. The highest BCUT2D eigenvalue weighted by Crippen LogP contribution is 2.34. The minimum Gasteiger partial charge on any atom is -0.481 e. The van der Waals surface area contributed by atoms with Crippen molar-refractivity contribution in [2.45, 2.75) is 57.4 Å². The smallest absolute Gasteiger partial charge is 0.317 e. The van der Waals surface area contributed by atoms with Crippen LogP contribution in [0, 0.1) is 17.8 Å². The van der Waals surface area contributed by atoms with E-state index in [0.717, 1.165) is 32.4 Å². The molecule has 3 aliphatic carbocycles. The van der Waals surface area contributed by atoms with Crippen LogP contribution in [0.4, 0.5) is 4.79 Å². The Balaban J connectivity index is 1.57. The van der Waals surface area contributed by atoms with Gasteiger partial charge in [0.2, 0.25) is 0 Å². The molecule has 0 radical (unpaired) electrons. The third-order valence-corrected chi connectivity index (χ3v) is 5.03. The Bertz CT molecular complexity index is 390. The van der Waals surface area contributed by atoms with Crippen molar-refractivity contribution in [2.75, 3.05) is 13.1 Å². The highest BCUT2D eigenvalue weighted by molar-refractivity contribution is 5.77. The molecule has 2 unspecified atom stereocenters. The minimum atomic E-state index is -0.768. The van der Waals surface area contributed by atoms with Gasteiger partial charge in [-0.05, 0) is 50.4 Å². The molecule has 3 fully saturated rings. The highest BCUT2D eigenvalue weighted by Gasteiger charge is 2.35. The van der Waals surface area contributed by atoms with Crippen LogP contribution in [0.25, 0.3) is 0 Å². The average molecular weight is 294 g/mol. The van der Waals surface area contributed by atoms with Crippen molar-refractivity contribution >= 4 is 12.0 Å². The van der Waals surface area contributed by atoms with Crippen molar-refractivity contribution in [3.8, 4) is 0 Å². The fraction of sp³-hybridized carbons (Fsp3) is 0.875. The monoisotopic (exact) mass is 294 g/mol. The molecule has 2 N–H and O–H groups in total. The number of rotatable bonds is 6. The Morgan fingerprint density at radius 2 is 1.52 bits per heavy atom. The van der Waals surface area contributed by atoms with Crippen molar-refractivity contribution in [2.24, 2.45) is 17.8 Å². The zero-order chi connectivity index (χ0) is 14.8. The standard InChI is InChI=1S/C16H26N2O3/c19-15(20)13-3-1-2-4-14(13)17-16(21)18(9-11-5-6-11)10-12-7-8-12/h11-14H,1-10H2,(H,17,21)(H,19,20). The predicted molar refractivity (Wildman–Crippen MR) is 78.9 cm³/mol. The molecule has 118 valence electrons. The van der Waals surface area contributed by atoms with Crippen LogP contribution < -0.4 is 5.32 Å². The van der Waals surface area contributed by atoms with Crippen LogP contribution in [0.2, 0.25) is 0 Å². The zero-order valence-corrected chi connectivity index (χ0v) is 12.6. The first kappa shape index (κ1) is 14.7. The van der Waals surface area contributed by atoms with Gasteiger partial charge >= 0.3 is 12.0 Å². The minimum absolute atomic E-state index is 0.0352. The number of carboxylic acids is 1. The first-order valence-corrected chi connectivity index (χ1v) is 8.41. The average Bonchev–Trinajstić information content (AvgIpc) is 3.33. The Labute approximate surface area is 126 Å². The number of nitrogens with zero attached hydrogens (tertiary/aromatic N) is 1. The van der Waals surface area contributed by atoms with Crippen LogP contribution in [0.5, 0.6) is 0 Å².